The zero-order chi connectivity index (χ0) is 18.1. The van der Waals surface area contributed by atoms with E-state index in [1.54, 1.807) is 24.3 Å². The predicted molar refractivity (Wildman–Crippen MR) is 87.7 cm³/mol. The minimum atomic E-state index is -4.56. The molecule has 1 atom stereocenters. The molecule has 0 aliphatic carbocycles. The van der Waals surface area contributed by atoms with Crippen molar-refractivity contribution in [3.8, 4) is 0 Å². The average molecular weight is 349 g/mol. The number of unbranched alkanes of at least 4 members (excludes halogenated alkanes) is 1. The van der Waals surface area contributed by atoms with Gasteiger partial charge in [0.05, 0.1) is 11.3 Å². The lowest BCUT2D eigenvalue weighted by Gasteiger charge is -2.48. The predicted octanol–water partition coefficient (Wildman–Crippen LogP) is 5.07. The van der Waals surface area contributed by atoms with Crippen LogP contribution in [0.3, 0.4) is 0 Å². The summed E-state index contributed by atoms with van der Waals surface area (Å²) >= 11 is 0. The largest absolute Gasteiger partial charge is 0.418 e. The first kappa shape index (κ1) is 17.5. The molecule has 0 spiro atoms. The number of rotatable bonds is 5. The van der Waals surface area contributed by atoms with Gasteiger partial charge in [0.2, 0.25) is 5.60 Å². The zero-order valence-corrected chi connectivity index (χ0v) is 13.7. The summed E-state index contributed by atoms with van der Waals surface area (Å²) in [4.78, 5) is 18.6. The molecule has 25 heavy (non-hydrogen) atoms. The Morgan fingerprint density at radius 1 is 1.04 bits per heavy atom. The molecule has 2 aromatic rings. The lowest BCUT2D eigenvalue weighted by molar-refractivity contribution is -0.193. The van der Waals surface area contributed by atoms with Gasteiger partial charge < -0.3 is 0 Å². The highest BCUT2D eigenvalue weighted by Gasteiger charge is 2.57. The highest BCUT2D eigenvalue weighted by molar-refractivity contribution is 6.03. The van der Waals surface area contributed by atoms with Gasteiger partial charge in [0.15, 0.2) is 0 Å². The van der Waals surface area contributed by atoms with Crippen LogP contribution in [0.25, 0.3) is 0 Å². The number of carbonyl (C=O) groups is 1. The summed E-state index contributed by atoms with van der Waals surface area (Å²) in [6.45, 7) is 1.98. The van der Waals surface area contributed by atoms with Gasteiger partial charge in [-0.3, -0.25) is 4.79 Å². The Morgan fingerprint density at radius 3 is 2.28 bits per heavy atom. The molecule has 1 saturated heterocycles. The van der Waals surface area contributed by atoms with E-state index in [0.29, 0.717) is 12.0 Å². The fourth-order valence-corrected chi connectivity index (χ4v) is 3.02. The minimum Gasteiger partial charge on any atom is -0.268 e. The smallest absolute Gasteiger partial charge is 0.268 e. The van der Waals surface area contributed by atoms with Crippen molar-refractivity contribution in [3.05, 3.63) is 65.7 Å². The summed E-state index contributed by atoms with van der Waals surface area (Å²) in [7, 11) is 0. The van der Waals surface area contributed by atoms with Gasteiger partial charge in [-0.1, -0.05) is 55.8 Å². The van der Waals surface area contributed by atoms with Crippen LogP contribution in [-0.2, 0) is 21.4 Å². The minimum absolute atomic E-state index is 0.275. The third-order valence-corrected chi connectivity index (χ3v) is 4.33. The van der Waals surface area contributed by atoms with Gasteiger partial charge in [-0.2, -0.15) is 18.2 Å². The van der Waals surface area contributed by atoms with Crippen molar-refractivity contribution in [1.82, 2.24) is 0 Å². The van der Waals surface area contributed by atoms with E-state index in [0.717, 1.165) is 24.0 Å². The summed E-state index contributed by atoms with van der Waals surface area (Å²) in [5, 5.41) is 0.769. The second kappa shape index (κ2) is 6.52. The third-order valence-electron chi connectivity index (χ3n) is 4.33. The zero-order valence-electron chi connectivity index (χ0n) is 13.7. The summed E-state index contributed by atoms with van der Waals surface area (Å²) in [6, 6.07) is 13.8. The van der Waals surface area contributed by atoms with Crippen molar-refractivity contribution in [3.63, 3.8) is 0 Å². The second-order valence-corrected chi connectivity index (χ2v) is 6.00. The molecule has 1 unspecified atom stereocenters. The molecular formula is C19H18F3NO2. The highest BCUT2D eigenvalue weighted by atomic mass is 19.4. The van der Waals surface area contributed by atoms with Crippen molar-refractivity contribution in [1.29, 1.82) is 0 Å². The molecule has 6 heteroatoms. The van der Waals surface area contributed by atoms with E-state index in [4.69, 9.17) is 4.84 Å². The maximum Gasteiger partial charge on any atom is 0.418 e. The number of benzene rings is 2. The fourth-order valence-electron chi connectivity index (χ4n) is 3.02. The first-order valence-electron chi connectivity index (χ1n) is 8.15. The normalized spacial score (nSPS) is 20.5. The molecule has 132 valence electrons. The van der Waals surface area contributed by atoms with Crippen molar-refractivity contribution in [2.45, 2.75) is 38.0 Å². The Morgan fingerprint density at radius 2 is 1.68 bits per heavy atom. The van der Waals surface area contributed by atoms with Gasteiger partial charge in [-0.15, -0.1) is 0 Å². The molecule has 3 rings (SSSR count). The Kier molecular flexibility index (Phi) is 4.56. The van der Waals surface area contributed by atoms with Crippen molar-refractivity contribution < 1.29 is 22.8 Å². The van der Waals surface area contributed by atoms with Crippen LogP contribution in [0.5, 0.6) is 0 Å². The second-order valence-electron chi connectivity index (χ2n) is 6.00. The van der Waals surface area contributed by atoms with Gasteiger partial charge in [0, 0.05) is 0 Å². The number of nitrogens with zero attached hydrogens (tertiary/aromatic N) is 1. The van der Waals surface area contributed by atoms with Crippen LogP contribution in [0.2, 0.25) is 0 Å². The van der Waals surface area contributed by atoms with E-state index in [9.17, 15) is 18.0 Å². The van der Waals surface area contributed by atoms with Gasteiger partial charge >= 0.3 is 6.18 Å². The molecule has 3 nitrogen and oxygen atoms in total. The van der Waals surface area contributed by atoms with E-state index in [1.807, 2.05) is 13.0 Å². The van der Waals surface area contributed by atoms with Crippen LogP contribution < -0.4 is 5.06 Å². The molecule has 2 aromatic carbocycles. The van der Waals surface area contributed by atoms with Crippen LogP contribution in [0.15, 0.2) is 54.6 Å². The van der Waals surface area contributed by atoms with Crippen LogP contribution in [0, 0.1) is 0 Å². The fraction of sp³-hybridized carbons (Fsp3) is 0.316. The van der Waals surface area contributed by atoms with Crippen molar-refractivity contribution in [2.75, 3.05) is 5.06 Å². The van der Waals surface area contributed by atoms with Gasteiger partial charge in [0.1, 0.15) is 0 Å². The molecule has 0 saturated carbocycles. The first-order chi connectivity index (χ1) is 11.9. The Balaban J connectivity index is 1.96. The third kappa shape index (κ3) is 3.02. The lowest BCUT2D eigenvalue weighted by atomic mass is 9.85. The van der Waals surface area contributed by atoms with E-state index in [1.165, 1.54) is 18.2 Å². The number of carbonyl (C=O) groups excluding carboxylic acids is 1. The molecule has 0 N–H and O–H groups in total. The summed E-state index contributed by atoms with van der Waals surface area (Å²) in [5.74, 6) is -0.469. The van der Waals surface area contributed by atoms with Gasteiger partial charge in [-0.25, -0.2) is 4.84 Å². The molecular weight excluding hydrogens is 331 g/mol. The number of para-hydroxylation sites is 1. The maximum atomic E-state index is 13.2. The Labute approximate surface area is 144 Å². The average Bonchev–Trinajstić information content (AvgIpc) is 2.61. The first-order valence-corrected chi connectivity index (χ1v) is 8.15. The van der Waals surface area contributed by atoms with Gasteiger partial charge in [-0.05, 0) is 30.5 Å². The summed E-state index contributed by atoms with van der Waals surface area (Å²) in [6.07, 6.45) is -2.55. The number of hydrogen-bond acceptors (Lipinski definition) is 2. The van der Waals surface area contributed by atoms with E-state index in [-0.39, 0.29) is 5.69 Å². The standard InChI is InChI=1S/C19H18F3NO2/c1-2-3-13-18(14-9-5-4-6-10-14)17(24)23(25-18)16-12-8-7-11-15(16)19(20,21)22/h4-12H,2-3,13H2,1H3. The number of halogens is 3. The van der Waals surface area contributed by atoms with Crippen molar-refractivity contribution in [2.24, 2.45) is 0 Å². The Bertz CT molecular complexity index is 761. The number of anilines is 1. The Hall–Kier alpha value is -2.34. The summed E-state index contributed by atoms with van der Waals surface area (Å²) in [5.41, 5.74) is -1.71. The highest BCUT2D eigenvalue weighted by Crippen LogP contribution is 2.47. The van der Waals surface area contributed by atoms with Crippen LogP contribution in [-0.4, -0.2) is 5.91 Å². The van der Waals surface area contributed by atoms with Gasteiger partial charge in [0.25, 0.3) is 5.91 Å². The number of amides is 1. The van der Waals surface area contributed by atoms with Crippen molar-refractivity contribution >= 4 is 11.6 Å². The molecule has 0 bridgehead atoms. The topological polar surface area (TPSA) is 29.5 Å². The quantitative estimate of drug-likeness (QED) is 0.754. The molecule has 0 radical (unpaired) electrons. The number of alkyl halides is 3. The van der Waals surface area contributed by atoms with Crippen LogP contribution >= 0.6 is 0 Å². The molecule has 1 amide bonds. The van der Waals surface area contributed by atoms with Crippen LogP contribution in [0.4, 0.5) is 18.9 Å². The van der Waals surface area contributed by atoms with E-state index < -0.39 is 23.2 Å². The molecule has 1 aliphatic heterocycles. The number of hydroxylamine groups is 1. The monoisotopic (exact) mass is 349 g/mol. The summed E-state index contributed by atoms with van der Waals surface area (Å²) < 4.78 is 39.7. The molecule has 1 fully saturated rings. The number of hydrogen-bond donors (Lipinski definition) is 0. The SMILES string of the molecule is CCCCC1(c2ccccc2)ON(c2ccccc2C(F)(F)F)C1=O. The molecule has 1 aliphatic rings. The molecule has 0 aromatic heterocycles. The van der Waals surface area contributed by atoms with E-state index >= 15 is 0 Å². The lowest BCUT2D eigenvalue weighted by Crippen LogP contribution is -2.63. The molecule has 1 heterocycles. The van der Waals surface area contributed by atoms with E-state index in [2.05, 4.69) is 0 Å². The van der Waals surface area contributed by atoms with Crippen LogP contribution in [0.1, 0.15) is 37.3 Å². The maximum absolute atomic E-state index is 13.2.